The van der Waals surface area contributed by atoms with Crippen molar-refractivity contribution >= 4 is 27.9 Å². The summed E-state index contributed by atoms with van der Waals surface area (Å²) in [6.45, 7) is 5.51. The number of sulfonamides is 1. The minimum atomic E-state index is -3.16. The first kappa shape index (κ1) is 18.7. The van der Waals surface area contributed by atoms with E-state index in [4.69, 9.17) is 15.0 Å². The second kappa shape index (κ2) is 7.75. The van der Waals surface area contributed by atoms with Gasteiger partial charge in [-0.2, -0.15) is 15.0 Å². The second-order valence-corrected chi connectivity index (χ2v) is 9.56. The van der Waals surface area contributed by atoms with E-state index in [1.807, 2.05) is 0 Å². The van der Waals surface area contributed by atoms with Crippen LogP contribution in [0.25, 0.3) is 0 Å². The third kappa shape index (κ3) is 4.60. The van der Waals surface area contributed by atoms with Gasteiger partial charge in [0.2, 0.25) is 27.9 Å². The molecule has 1 aromatic heterocycles. The molecule has 1 aromatic rings. The van der Waals surface area contributed by atoms with Crippen LogP contribution in [0.15, 0.2) is 0 Å². The van der Waals surface area contributed by atoms with Crippen molar-refractivity contribution in [2.24, 2.45) is 0 Å². The number of hydrogen-bond acceptors (Lipinski definition) is 8. The molecule has 9 nitrogen and oxygen atoms in total. The predicted molar refractivity (Wildman–Crippen MR) is 106 cm³/mol. The van der Waals surface area contributed by atoms with E-state index in [1.165, 1.54) is 31.9 Å². The highest BCUT2D eigenvalue weighted by atomic mass is 32.2. The number of piperidine rings is 1. The van der Waals surface area contributed by atoms with Crippen molar-refractivity contribution in [3.05, 3.63) is 0 Å². The van der Waals surface area contributed by atoms with Gasteiger partial charge in [0.15, 0.2) is 0 Å². The molecule has 1 N–H and O–H groups in total. The van der Waals surface area contributed by atoms with Crippen LogP contribution in [0.2, 0.25) is 0 Å². The zero-order valence-electron chi connectivity index (χ0n) is 16.0. The zero-order chi connectivity index (χ0) is 18.9. The molecule has 0 spiro atoms. The standard InChI is InChI=1S/C17H29N7O2S/c1-27(25,26)21-14-6-12-24(13-7-14)17-19-15(22-8-2-3-9-22)18-16(20-17)23-10-4-5-11-23/h14,21H,2-13H2,1H3. The largest absolute Gasteiger partial charge is 0.341 e. The van der Waals surface area contributed by atoms with Gasteiger partial charge < -0.3 is 14.7 Å². The number of hydrogen-bond donors (Lipinski definition) is 1. The van der Waals surface area contributed by atoms with Gasteiger partial charge in [-0.25, -0.2) is 13.1 Å². The minimum Gasteiger partial charge on any atom is -0.341 e. The molecule has 0 aromatic carbocycles. The Kier molecular flexibility index (Phi) is 5.36. The van der Waals surface area contributed by atoms with Crippen molar-refractivity contribution in [1.29, 1.82) is 0 Å². The lowest BCUT2D eigenvalue weighted by Crippen LogP contribution is -2.45. The molecule has 0 amide bonds. The highest BCUT2D eigenvalue weighted by Gasteiger charge is 2.26. The van der Waals surface area contributed by atoms with Gasteiger partial charge in [0.1, 0.15) is 0 Å². The van der Waals surface area contributed by atoms with Gasteiger partial charge >= 0.3 is 0 Å². The fourth-order valence-corrected chi connectivity index (χ4v) is 4.94. The summed E-state index contributed by atoms with van der Waals surface area (Å²) in [6.07, 6.45) is 7.47. The number of rotatable bonds is 5. The highest BCUT2D eigenvalue weighted by Crippen LogP contribution is 2.25. The molecule has 0 aliphatic carbocycles. The maximum atomic E-state index is 11.5. The highest BCUT2D eigenvalue weighted by molar-refractivity contribution is 7.88. The SMILES string of the molecule is CS(=O)(=O)NC1CCN(c2nc(N3CCCC3)nc(N3CCCC3)n2)CC1. The second-order valence-electron chi connectivity index (χ2n) is 7.78. The summed E-state index contributed by atoms with van der Waals surface area (Å²) in [5, 5.41) is 0. The molecule has 0 atom stereocenters. The zero-order valence-corrected chi connectivity index (χ0v) is 16.8. The van der Waals surface area contributed by atoms with Crippen LogP contribution in [0.5, 0.6) is 0 Å². The number of nitrogens with one attached hydrogen (secondary N) is 1. The molecule has 10 heteroatoms. The Labute approximate surface area is 161 Å². The lowest BCUT2D eigenvalue weighted by atomic mass is 10.1. The normalized spacial score (nSPS) is 22.0. The summed E-state index contributed by atoms with van der Waals surface area (Å²) in [7, 11) is -3.16. The van der Waals surface area contributed by atoms with E-state index in [9.17, 15) is 8.42 Å². The van der Waals surface area contributed by atoms with Crippen LogP contribution in [0.3, 0.4) is 0 Å². The number of aromatic nitrogens is 3. The topological polar surface area (TPSA) is 94.6 Å². The first-order valence-corrected chi connectivity index (χ1v) is 11.9. The van der Waals surface area contributed by atoms with E-state index in [0.717, 1.165) is 70.0 Å². The summed E-state index contributed by atoms with van der Waals surface area (Å²) >= 11 is 0. The van der Waals surface area contributed by atoms with Crippen LogP contribution < -0.4 is 19.4 Å². The monoisotopic (exact) mass is 395 g/mol. The number of nitrogens with zero attached hydrogens (tertiary/aromatic N) is 6. The molecule has 0 saturated carbocycles. The van der Waals surface area contributed by atoms with E-state index in [1.54, 1.807) is 0 Å². The van der Waals surface area contributed by atoms with Gasteiger partial charge in [-0.05, 0) is 38.5 Å². The van der Waals surface area contributed by atoms with Crippen molar-refractivity contribution in [1.82, 2.24) is 19.7 Å². The smallest absolute Gasteiger partial charge is 0.231 e. The van der Waals surface area contributed by atoms with Crippen molar-refractivity contribution < 1.29 is 8.42 Å². The van der Waals surface area contributed by atoms with Crippen molar-refractivity contribution in [3.8, 4) is 0 Å². The third-order valence-electron chi connectivity index (χ3n) is 5.54. The molecule has 3 aliphatic heterocycles. The fourth-order valence-electron chi connectivity index (χ4n) is 4.10. The van der Waals surface area contributed by atoms with Crippen LogP contribution in [-0.2, 0) is 10.0 Å². The molecule has 3 aliphatic rings. The average molecular weight is 396 g/mol. The third-order valence-corrected chi connectivity index (χ3v) is 6.30. The molecule has 4 rings (SSSR count). The molecule has 3 saturated heterocycles. The summed E-state index contributed by atoms with van der Waals surface area (Å²) < 4.78 is 25.6. The first-order valence-electron chi connectivity index (χ1n) is 9.96. The maximum absolute atomic E-state index is 11.5. The van der Waals surface area contributed by atoms with E-state index in [0.29, 0.717) is 0 Å². The Hall–Kier alpha value is -1.68. The van der Waals surface area contributed by atoms with Gasteiger partial charge in [-0.15, -0.1) is 0 Å². The van der Waals surface area contributed by atoms with Gasteiger partial charge in [0.05, 0.1) is 6.26 Å². The Balaban J connectivity index is 1.52. The summed E-state index contributed by atoms with van der Waals surface area (Å²) in [4.78, 5) is 21.0. The molecule has 150 valence electrons. The minimum absolute atomic E-state index is 0.00538. The van der Waals surface area contributed by atoms with Gasteiger partial charge in [-0.3, -0.25) is 0 Å². The quantitative estimate of drug-likeness (QED) is 0.774. The van der Waals surface area contributed by atoms with Crippen molar-refractivity contribution in [2.45, 2.75) is 44.6 Å². The van der Waals surface area contributed by atoms with E-state index >= 15 is 0 Å². The molecule has 0 radical (unpaired) electrons. The Morgan fingerprint density at radius 1 is 0.741 bits per heavy atom. The Bertz CT molecular complexity index is 718. The van der Waals surface area contributed by atoms with Crippen LogP contribution >= 0.6 is 0 Å². The molecular weight excluding hydrogens is 366 g/mol. The molecule has 0 unspecified atom stereocenters. The summed E-state index contributed by atoms with van der Waals surface area (Å²) in [5.74, 6) is 2.30. The molecule has 0 bridgehead atoms. The van der Waals surface area contributed by atoms with Crippen molar-refractivity contribution in [3.63, 3.8) is 0 Å². The van der Waals surface area contributed by atoms with E-state index in [-0.39, 0.29) is 6.04 Å². The van der Waals surface area contributed by atoms with Crippen LogP contribution in [0, 0.1) is 0 Å². The van der Waals surface area contributed by atoms with E-state index < -0.39 is 10.0 Å². The Morgan fingerprint density at radius 3 is 1.48 bits per heavy atom. The van der Waals surface area contributed by atoms with Crippen LogP contribution in [0.1, 0.15) is 38.5 Å². The van der Waals surface area contributed by atoms with Gasteiger partial charge in [-0.1, -0.05) is 0 Å². The molecular formula is C17H29N7O2S. The van der Waals surface area contributed by atoms with Crippen molar-refractivity contribution in [2.75, 3.05) is 60.2 Å². The maximum Gasteiger partial charge on any atom is 0.231 e. The molecule has 3 fully saturated rings. The summed E-state index contributed by atoms with van der Waals surface area (Å²) in [5.41, 5.74) is 0. The lowest BCUT2D eigenvalue weighted by Gasteiger charge is -2.32. The van der Waals surface area contributed by atoms with Gasteiger partial charge in [0.25, 0.3) is 0 Å². The average Bonchev–Trinajstić information content (AvgIpc) is 3.34. The van der Waals surface area contributed by atoms with Gasteiger partial charge in [0, 0.05) is 45.3 Å². The van der Waals surface area contributed by atoms with Crippen LogP contribution in [-0.4, -0.2) is 74.9 Å². The lowest BCUT2D eigenvalue weighted by molar-refractivity contribution is 0.457. The fraction of sp³-hybridized carbons (Fsp3) is 0.824. The number of anilines is 3. The molecule has 27 heavy (non-hydrogen) atoms. The molecule has 4 heterocycles. The Morgan fingerprint density at radius 2 is 1.11 bits per heavy atom. The predicted octanol–water partition coefficient (Wildman–Crippen LogP) is 0.590. The van der Waals surface area contributed by atoms with E-state index in [2.05, 4.69) is 19.4 Å². The first-order chi connectivity index (χ1) is 13.0. The summed E-state index contributed by atoms with van der Waals surface area (Å²) in [6, 6.07) is -0.00538. The van der Waals surface area contributed by atoms with Crippen LogP contribution in [0.4, 0.5) is 17.8 Å².